The van der Waals surface area contributed by atoms with E-state index in [2.05, 4.69) is 0 Å². The molecule has 1 saturated heterocycles. The van der Waals surface area contributed by atoms with Crippen molar-refractivity contribution in [3.63, 3.8) is 0 Å². The summed E-state index contributed by atoms with van der Waals surface area (Å²) in [5.74, 6) is -2.74. The first-order chi connectivity index (χ1) is 13.7. The van der Waals surface area contributed by atoms with Gasteiger partial charge in [-0.25, -0.2) is 4.79 Å². The molecule has 0 aromatic heterocycles. The molecule has 160 valence electrons. The zero-order valence-corrected chi connectivity index (χ0v) is 17.9. The molecule has 29 heavy (non-hydrogen) atoms. The van der Waals surface area contributed by atoms with Crippen LogP contribution in [0.25, 0.3) is 0 Å². The molecular formula is C22H30O7. The number of hydrogen-bond donors (Lipinski definition) is 0. The second-order valence-electron chi connectivity index (χ2n) is 8.00. The van der Waals surface area contributed by atoms with Crippen LogP contribution >= 0.6 is 0 Å². The number of fused-ring (bicyclic) bond motifs is 4. The van der Waals surface area contributed by atoms with Crippen LogP contribution in [0.15, 0.2) is 34.9 Å². The summed E-state index contributed by atoms with van der Waals surface area (Å²) in [7, 11) is 3.12. The number of carbonyl (C=O) groups is 2. The smallest absolute Gasteiger partial charge is 0.333 e. The van der Waals surface area contributed by atoms with Gasteiger partial charge in [0.15, 0.2) is 0 Å². The summed E-state index contributed by atoms with van der Waals surface area (Å²) < 4.78 is 28.9. The van der Waals surface area contributed by atoms with Crippen LogP contribution in [0.5, 0.6) is 0 Å². The lowest BCUT2D eigenvalue weighted by Crippen LogP contribution is -2.44. The van der Waals surface area contributed by atoms with Crippen molar-refractivity contribution < 1.29 is 33.3 Å². The van der Waals surface area contributed by atoms with Crippen LogP contribution in [0.1, 0.15) is 34.1 Å². The molecule has 0 spiro atoms. The number of rotatable bonds is 5. The van der Waals surface area contributed by atoms with Gasteiger partial charge in [0.05, 0.1) is 18.4 Å². The van der Waals surface area contributed by atoms with E-state index in [0.29, 0.717) is 12.0 Å². The first kappa shape index (κ1) is 21.7. The number of methoxy groups -OCH3 is 2. The third kappa shape index (κ3) is 4.04. The van der Waals surface area contributed by atoms with Gasteiger partial charge in [0.25, 0.3) is 0 Å². The second kappa shape index (κ2) is 8.42. The Morgan fingerprint density at radius 1 is 1.31 bits per heavy atom. The van der Waals surface area contributed by atoms with Crippen LogP contribution in [-0.4, -0.2) is 56.9 Å². The van der Waals surface area contributed by atoms with Crippen LogP contribution in [0.4, 0.5) is 0 Å². The van der Waals surface area contributed by atoms with Crippen molar-refractivity contribution in [2.24, 2.45) is 11.8 Å². The van der Waals surface area contributed by atoms with E-state index < -0.39 is 41.9 Å². The van der Waals surface area contributed by atoms with Crippen molar-refractivity contribution in [2.75, 3.05) is 20.8 Å². The van der Waals surface area contributed by atoms with Crippen LogP contribution in [0.2, 0.25) is 0 Å². The molecule has 3 heterocycles. The van der Waals surface area contributed by atoms with E-state index in [9.17, 15) is 9.59 Å². The minimum atomic E-state index is -1.02. The minimum absolute atomic E-state index is 0.185. The van der Waals surface area contributed by atoms with Gasteiger partial charge in [-0.1, -0.05) is 11.6 Å². The molecule has 7 heteroatoms. The molecule has 3 aliphatic rings. The number of carbonyl (C=O) groups excluding carboxylic acids is 2. The Hall–Kier alpha value is -1.96. The summed E-state index contributed by atoms with van der Waals surface area (Å²) in [5.41, 5.74) is 2.36. The first-order valence-electron chi connectivity index (χ1n) is 9.89. The quantitative estimate of drug-likeness (QED) is 0.394. The maximum atomic E-state index is 12.7. The van der Waals surface area contributed by atoms with Gasteiger partial charge in [0.1, 0.15) is 18.3 Å². The van der Waals surface area contributed by atoms with E-state index in [1.165, 1.54) is 0 Å². The molecule has 0 aliphatic carbocycles. The summed E-state index contributed by atoms with van der Waals surface area (Å²) in [6.07, 6.45) is 4.30. The Kier molecular flexibility index (Phi) is 6.31. The number of ether oxygens (including phenoxy) is 5. The largest absolute Gasteiger partial charge is 0.458 e. The van der Waals surface area contributed by atoms with Gasteiger partial charge in [-0.2, -0.15) is 0 Å². The molecule has 0 unspecified atom stereocenters. The topological polar surface area (TPSA) is 80.3 Å². The van der Waals surface area contributed by atoms with E-state index in [0.717, 1.165) is 11.1 Å². The predicted molar refractivity (Wildman–Crippen MR) is 105 cm³/mol. The van der Waals surface area contributed by atoms with Crippen molar-refractivity contribution in [3.05, 3.63) is 34.9 Å². The summed E-state index contributed by atoms with van der Waals surface area (Å²) in [5, 5.41) is 0. The number of esters is 2. The van der Waals surface area contributed by atoms with Crippen LogP contribution in [-0.2, 0) is 33.3 Å². The fourth-order valence-corrected chi connectivity index (χ4v) is 4.40. The van der Waals surface area contributed by atoms with Gasteiger partial charge in [-0.05, 0) is 45.4 Å². The first-order valence-corrected chi connectivity index (χ1v) is 9.89. The maximum absolute atomic E-state index is 12.7. The SMILES string of the molecule is C/C=C(/C)C(=O)O[C@H]1C/C(C)=C\[C@@]2(OC)C=C(C)[C@@H](O2)[C@H]2OC(=O)[C@@H](COC)[C@@H]21. The molecule has 0 amide bonds. The fraction of sp³-hybridized carbons (Fsp3) is 0.636. The lowest BCUT2D eigenvalue weighted by atomic mass is 9.80. The highest BCUT2D eigenvalue weighted by Gasteiger charge is 2.56. The Bertz CT molecular complexity index is 765. The summed E-state index contributed by atoms with van der Waals surface area (Å²) in [6, 6.07) is 0. The van der Waals surface area contributed by atoms with Gasteiger partial charge in [-0.15, -0.1) is 0 Å². The van der Waals surface area contributed by atoms with E-state index in [4.69, 9.17) is 23.7 Å². The Morgan fingerprint density at radius 2 is 2.03 bits per heavy atom. The van der Waals surface area contributed by atoms with Crippen LogP contribution < -0.4 is 0 Å². The summed E-state index contributed by atoms with van der Waals surface area (Å²) in [4.78, 5) is 25.3. The average molecular weight is 406 g/mol. The van der Waals surface area contributed by atoms with Crippen LogP contribution in [0, 0.1) is 11.8 Å². The van der Waals surface area contributed by atoms with E-state index in [-0.39, 0.29) is 12.6 Å². The van der Waals surface area contributed by atoms with Gasteiger partial charge < -0.3 is 23.7 Å². The second-order valence-corrected chi connectivity index (χ2v) is 8.00. The molecule has 0 radical (unpaired) electrons. The highest BCUT2D eigenvalue weighted by atomic mass is 16.7. The van der Waals surface area contributed by atoms with Crippen molar-refractivity contribution in [2.45, 2.75) is 58.2 Å². The minimum Gasteiger partial charge on any atom is -0.458 e. The molecule has 0 aromatic rings. The highest BCUT2D eigenvalue weighted by molar-refractivity contribution is 5.87. The number of hydrogen-bond acceptors (Lipinski definition) is 7. The van der Waals surface area contributed by atoms with Gasteiger partial charge in [0, 0.05) is 26.2 Å². The van der Waals surface area contributed by atoms with Crippen molar-refractivity contribution in [3.8, 4) is 0 Å². The van der Waals surface area contributed by atoms with Crippen molar-refractivity contribution >= 4 is 11.9 Å². The molecular weight excluding hydrogens is 376 g/mol. The Morgan fingerprint density at radius 3 is 2.66 bits per heavy atom. The van der Waals surface area contributed by atoms with E-state index >= 15 is 0 Å². The van der Waals surface area contributed by atoms with Gasteiger partial charge >= 0.3 is 11.9 Å². The van der Waals surface area contributed by atoms with E-state index in [1.54, 1.807) is 34.1 Å². The molecule has 0 saturated carbocycles. The average Bonchev–Trinajstić information content (AvgIpc) is 3.18. The van der Waals surface area contributed by atoms with Crippen LogP contribution in [0.3, 0.4) is 0 Å². The van der Waals surface area contributed by atoms with E-state index in [1.807, 2.05) is 26.0 Å². The molecule has 0 aromatic carbocycles. The number of allylic oxidation sites excluding steroid dienone is 1. The highest BCUT2D eigenvalue weighted by Crippen LogP contribution is 2.45. The molecule has 2 bridgehead atoms. The summed E-state index contributed by atoms with van der Waals surface area (Å²) >= 11 is 0. The monoisotopic (exact) mass is 406 g/mol. The molecule has 7 nitrogen and oxygen atoms in total. The predicted octanol–water partition coefficient (Wildman–Crippen LogP) is 2.71. The zero-order chi connectivity index (χ0) is 21.3. The molecule has 6 atom stereocenters. The molecule has 1 fully saturated rings. The standard InChI is InChI=1S/C22H30O7/c1-7-13(3)20(23)27-16-8-12(2)9-22(26-6)10-14(4)18(29-22)19-17(16)15(11-25-5)21(24)28-19/h7,9-10,15-19H,8,11H2,1-6H3/b12-9-,13-7-/t15-,16-,17+,18+,19-,22-/m0/s1. The molecule has 3 aliphatic heterocycles. The zero-order valence-electron chi connectivity index (χ0n) is 17.9. The van der Waals surface area contributed by atoms with Gasteiger partial charge in [-0.3, -0.25) is 4.79 Å². The third-order valence-electron chi connectivity index (χ3n) is 5.96. The lowest BCUT2D eigenvalue weighted by molar-refractivity contribution is -0.189. The molecule has 3 rings (SSSR count). The Balaban J connectivity index is 2.06. The third-order valence-corrected chi connectivity index (χ3v) is 5.96. The van der Waals surface area contributed by atoms with Crippen molar-refractivity contribution in [1.29, 1.82) is 0 Å². The van der Waals surface area contributed by atoms with Crippen molar-refractivity contribution in [1.82, 2.24) is 0 Å². The maximum Gasteiger partial charge on any atom is 0.333 e. The lowest BCUT2D eigenvalue weighted by Gasteiger charge is -2.32. The summed E-state index contributed by atoms with van der Waals surface area (Å²) in [6.45, 7) is 7.54. The molecule has 0 N–H and O–H groups in total. The Labute approximate surface area is 171 Å². The fourth-order valence-electron chi connectivity index (χ4n) is 4.40. The van der Waals surface area contributed by atoms with Gasteiger partial charge in [0.2, 0.25) is 5.79 Å². The normalized spacial score (nSPS) is 38.8.